The SMILES string of the molecule is Cc1ccc(C(=O)NCC2CN(C3CC3)C(=O)O2)cc1. The van der Waals surface area contributed by atoms with Crippen molar-refractivity contribution < 1.29 is 14.3 Å². The number of ether oxygens (including phenoxy) is 1. The van der Waals surface area contributed by atoms with Crippen molar-refractivity contribution in [3.8, 4) is 0 Å². The molecule has 1 saturated heterocycles. The Kier molecular flexibility index (Phi) is 3.34. The zero-order chi connectivity index (χ0) is 14.1. The van der Waals surface area contributed by atoms with Crippen molar-refractivity contribution in [2.75, 3.05) is 13.1 Å². The van der Waals surface area contributed by atoms with Crippen molar-refractivity contribution in [2.45, 2.75) is 31.9 Å². The molecule has 3 rings (SSSR count). The Labute approximate surface area is 117 Å². The number of rotatable bonds is 4. The molecule has 1 saturated carbocycles. The lowest BCUT2D eigenvalue weighted by atomic mass is 10.1. The minimum Gasteiger partial charge on any atom is -0.442 e. The molecule has 1 aromatic carbocycles. The highest BCUT2D eigenvalue weighted by molar-refractivity contribution is 5.94. The van der Waals surface area contributed by atoms with Crippen molar-refractivity contribution in [3.05, 3.63) is 35.4 Å². The Morgan fingerprint density at radius 3 is 2.70 bits per heavy atom. The van der Waals surface area contributed by atoms with E-state index in [4.69, 9.17) is 4.74 Å². The third kappa shape index (κ3) is 2.76. The third-order valence-electron chi connectivity index (χ3n) is 3.69. The van der Waals surface area contributed by atoms with Gasteiger partial charge in [-0.05, 0) is 31.9 Å². The maximum absolute atomic E-state index is 12.0. The van der Waals surface area contributed by atoms with Gasteiger partial charge in [0.15, 0.2) is 0 Å². The van der Waals surface area contributed by atoms with Crippen LogP contribution in [0, 0.1) is 6.92 Å². The summed E-state index contributed by atoms with van der Waals surface area (Å²) in [5.41, 5.74) is 1.74. The Balaban J connectivity index is 1.51. The van der Waals surface area contributed by atoms with Crippen molar-refractivity contribution in [2.24, 2.45) is 0 Å². The third-order valence-corrected chi connectivity index (χ3v) is 3.69. The van der Waals surface area contributed by atoms with Crippen molar-refractivity contribution in [1.29, 1.82) is 0 Å². The number of carbonyl (C=O) groups excluding carboxylic acids is 2. The van der Waals surface area contributed by atoms with Gasteiger partial charge in [0.2, 0.25) is 0 Å². The average Bonchev–Trinajstić information content (AvgIpc) is 3.21. The number of nitrogens with zero attached hydrogens (tertiary/aromatic N) is 1. The summed E-state index contributed by atoms with van der Waals surface area (Å²) in [6.07, 6.45) is 1.65. The molecule has 2 fully saturated rings. The second-order valence-corrected chi connectivity index (χ2v) is 5.47. The van der Waals surface area contributed by atoms with Crippen LogP contribution in [0.4, 0.5) is 4.79 Å². The lowest BCUT2D eigenvalue weighted by molar-refractivity contribution is 0.0914. The van der Waals surface area contributed by atoms with Crippen LogP contribution in [0.1, 0.15) is 28.8 Å². The predicted octanol–water partition coefficient (Wildman–Crippen LogP) is 1.71. The standard InChI is InChI=1S/C15H18N2O3/c1-10-2-4-11(5-3-10)14(18)16-8-13-9-17(12-6-7-12)15(19)20-13/h2-5,12-13H,6-9H2,1H3,(H,16,18). The van der Waals surface area contributed by atoms with E-state index in [2.05, 4.69) is 5.32 Å². The Bertz CT molecular complexity index is 522. The summed E-state index contributed by atoms with van der Waals surface area (Å²) in [6, 6.07) is 7.75. The average molecular weight is 274 g/mol. The van der Waals surface area contributed by atoms with Crippen LogP contribution in [0.15, 0.2) is 24.3 Å². The minimum absolute atomic E-state index is 0.133. The van der Waals surface area contributed by atoms with Crippen molar-refractivity contribution >= 4 is 12.0 Å². The van der Waals surface area contributed by atoms with Crippen LogP contribution >= 0.6 is 0 Å². The second-order valence-electron chi connectivity index (χ2n) is 5.47. The van der Waals surface area contributed by atoms with Gasteiger partial charge in [-0.1, -0.05) is 17.7 Å². The topological polar surface area (TPSA) is 58.6 Å². The lowest BCUT2D eigenvalue weighted by Crippen LogP contribution is -2.35. The van der Waals surface area contributed by atoms with E-state index >= 15 is 0 Å². The number of benzene rings is 1. The molecule has 0 spiro atoms. The van der Waals surface area contributed by atoms with E-state index in [-0.39, 0.29) is 18.1 Å². The van der Waals surface area contributed by atoms with Gasteiger partial charge in [0.1, 0.15) is 6.10 Å². The minimum atomic E-state index is -0.248. The smallest absolute Gasteiger partial charge is 0.410 e. The molecule has 1 aliphatic carbocycles. The highest BCUT2D eigenvalue weighted by atomic mass is 16.6. The maximum Gasteiger partial charge on any atom is 0.410 e. The molecule has 1 aliphatic heterocycles. The molecule has 1 unspecified atom stereocenters. The van der Waals surface area contributed by atoms with Gasteiger partial charge < -0.3 is 15.0 Å². The van der Waals surface area contributed by atoms with Crippen LogP contribution in [0.25, 0.3) is 0 Å². The highest BCUT2D eigenvalue weighted by Crippen LogP contribution is 2.30. The molecule has 1 heterocycles. The Morgan fingerprint density at radius 1 is 1.35 bits per heavy atom. The van der Waals surface area contributed by atoms with Crippen LogP contribution in [-0.4, -0.2) is 42.1 Å². The van der Waals surface area contributed by atoms with Gasteiger partial charge in [0, 0.05) is 11.6 Å². The summed E-state index contributed by atoms with van der Waals surface area (Å²) >= 11 is 0. The molecule has 0 aromatic heterocycles. The quantitative estimate of drug-likeness (QED) is 0.909. The van der Waals surface area contributed by atoms with Gasteiger partial charge in [-0.25, -0.2) is 4.79 Å². The molecule has 106 valence electrons. The van der Waals surface area contributed by atoms with E-state index in [0.717, 1.165) is 18.4 Å². The maximum atomic E-state index is 12.0. The lowest BCUT2D eigenvalue weighted by Gasteiger charge is -2.11. The molecule has 0 radical (unpaired) electrons. The molecule has 0 bridgehead atoms. The molecule has 2 amide bonds. The largest absolute Gasteiger partial charge is 0.442 e. The van der Waals surface area contributed by atoms with E-state index in [1.54, 1.807) is 17.0 Å². The van der Waals surface area contributed by atoms with Gasteiger partial charge in [0.05, 0.1) is 13.1 Å². The molecular formula is C15H18N2O3. The molecule has 20 heavy (non-hydrogen) atoms. The fourth-order valence-electron chi connectivity index (χ4n) is 2.35. The second kappa shape index (κ2) is 5.15. The van der Waals surface area contributed by atoms with Crippen LogP contribution < -0.4 is 5.32 Å². The fourth-order valence-corrected chi connectivity index (χ4v) is 2.35. The summed E-state index contributed by atoms with van der Waals surface area (Å²) in [5, 5.41) is 2.82. The number of hydrogen-bond donors (Lipinski definition) is 1. The van der Waals surface area contributed by atoms with Crippen LogP contribution in [-0.2, 0) is 4.74 Å². The summed E-state index contributed by atoms with van der Waals surface area (Å²) in [7, 11) is 0. The van der Waals surface area contributed by atoms with E-state index < -0.39 is 0 Å². The Hall–Kier alpha value is -2.04. The normalized spacial score (nSPS) is 21.8. The zero-order valence-corrected chi connectivity index (χ0v) is 11.5. The molecule has 2 aliphatic rings. The molecule has 5 heteroatoms. The van der Waals surface area contributed by atoms with E-state index in [0.29, 0.717) is 24.7 Å². The molecule has 5 nitrogen and oxygen atoms in total. The van der Waals surface area contributed by atoms with Crippen LogP contribution in [0.5, 0.6) is 0 Å². The predicted molar refractivity (Wildman–Crippen MR) is 73.5 cm³/mol. The number of nitrogens with one attached hydrogen (secondary N) is 1. The zero-order valence-electron chi connectivity index (χ0n) is 11.5. The first-order valence-electron chi connectivity index (χ1n) is 6.95. The Morgan fingerprint density at radius 2 is 2.05 bits per heavy atom. The van der Waals surface area contributed by atoms with Gasteiger partial charge in [0.25, 0.3) is 5.91 Å². The summed E-state index contributed by atoms with van der Waals surface area (Å²) in [6.45, 7) is 2.92. The molecule has 1 atom stereocenters. The van der Waals surface area contributed by atoms with Gasteiger partial charge in [-0.15, -0.1) is 0 Å². The number of cyclic esters (lactones) is 1. The first-order chi connectivity index (χ1) is 9.63. The number of aryl methyl sites for hydroxylation is 1. The first kappa shape index (κ1) is 13.0. The van der Waals surface area contributed by atoms with E-state index in [1.807, 2.05) is 19.1 Å². The van der Waals surface area contributed by atoms with Gasteiger partial charge in [-0.3, -0.25) is 4.79 Å². The van der Waals surface area contributed by atoms with Gasteiger partial charge >= 0.3 is 6.09 Å². The van der Waals surface area contributed by atoms with Crippen molar-refractivity contribution in [3.63, 3.8) is 0 Å². The molecule has 1 N–H and O–H groups in total. The highest BCUT2D eigenvalue weighted by Gasteiger charge is 2.40. The van der Waals surface area contributed by atoms with Crippen LogP contribution in [0.2, 0.25) is 0 Å². The molecular weight excluding hydrogens is 256 g/mol. The summed E-state index contributed by atoms with van der Waals surface area (Å²) in [5.74, 6) is -0.133. The molecule has 1 aromatic rings. The van der Waals surface area contributed by atoms with Crippen LogP contribution in [0.3, 0.4) is 0 Å². The summed E-state index contributed by atoms with van der Waals surface area (Å²) in [4.78, 5) is 25.3. The van der Waals surface area contributed by atoms with Gasteiger partial charge in [-0.2, -0.15) is 0 Å². The number of carbonyl (C=O) groups is 2. The van der Waals surface area contributed by atoms with E-state index in [9.17, 15) is 9.59 Å². The van der Waals surface area contributed by atoms with Crippen molar-refractivity contribution in [1.82, 2.24) is 10.2 Å². The van der Waals surface area contributed by atoms with E-state index in [1.165, 1.54) is 0 Å². The number of amides is 2. The summed E-state index contributed by atoms with van der Waals surface area (Å²) < 4.78 is 5.25. The fraction of sp³-hybridized carbons (Fsp3) is 0.467. The first-order valence-corrected chi connectivity index (χ1v) is 6.95. The number of hydrogen-bond acceptors (Lipinski definition) is 3. The monoisotopic (exact) mass is 274 g/mol.